The van der Waals surface area contributed by atoms with Gasteiger partial charge in [0.2, 0.25) is 5.95 Å². The number of aromatic nitrogens is 2. The molecule has 2 aliphatic rings. The van der Waals surface area contributed by atoms with Gasteiger partial charge in [-0.3, -0.25) is 4.90 Å². The number of benzene rings is 1. The van der Waals surface area contributed by atoms with Crippen LogP contribution >= 0.6 is 0 Å². The Morgan fingerprint density at radius 2 is 1.70 bits per heavy atom. The molecule has 144 valence electrons. The van der Waals surface area contributed by atoms with Crippen molar-refractivity contribution < 1.29 is 4.74 Å². The standard InChI is InChI=1S/C21H29N5O/c1-17-3-4-18(2)19(15-17)16-24-7-9-26(10-8-24)21-22-6-5-20(23-21)25-11-13-27-14-12-25/h3-6,15H,7-14,16H2,1-2H3. The fraction of sp³-hybridized carbons (Fsp3) is 0.524. The summed E-state index contributed by atoms with van der Waals surface area (Å²) in [5.74, 6) is 1.87. The smallest absolute Gasteiger partial charge is 0.227 e. The molecule has 1 aromatic heterocycles. The molecule has 6 heteroatoms. The van der Waals surface area contributed by atoms with E-state index >= 15 is 0 Å². The van der Waals surface area contributed by atoms with E-state index in [0.29, 0.717) is 0 Å². The van der Waals surface area contributed by atoms with Gasteiger partial charge in [-0.2, -0.15) is 4.98 Å². The quantitative estimate of drug-likeness (QED) is 0.826. The van der Waals surface area contributed by atoms with Crippen LogP contribution in [0.2, 0.25) is 0 Å². The molecule has 2 aliphatic heterocycles. The van der Waals surface area contributed by atoms with E-state index in [1.807, 2.05) is 12.3 Å². The van der Waals surface area contributed by atoms with Crippen molar-refractivity contribution in [2.24, 2.45) is 0 Å². The first-order chi connectivity index (χ1) is 13.2. The van der Waals surface area contributed by atoms with Gasteiger partial charge in [-0.05, 0) is 31.0 Å². The molecule has 2 aromatic rings. The second-order valence-corrected chi connectivity index (χ2v) is 7.51. The van der Waals surface area contributed by atoms with E-state index in [9.17, 15) is 0 Å². The van der Waals surface area contributed by atoms with Gasteiger partial charge in [0.15, 0.2) is 0 Å². The van der Waals surface area contributed by atoms with Gasteiger partial charge in [-0.25, -0.2) is 4.98 Å². The van der Waals surface area contributed by atoms with Crippen molar-refractivity contribution in [2.45, 2.75) is 20.4 Å². The van der Waals surface area contributed by atoms with Crippen LogP contribution in [0, 0.1) is 13.8 Å². The predicted octanol–water partition coefficient (Wildman–Crippen LogP) is 2.25. The third-order valence-electron chi connectivity index (χ3n) is 5.52. The van der Waals surface area contributed by atoms with Gasteiger partial charge in [-0.1, -0.05) is 23.8 Å². The molecule has 1 aromatic carbocycles. The Bertz CT molecular complexity index is 767. The SMILES string of the molecule is Cc1ccc(C)c(CN2CCN(c3nccc(N4CCOCC4)n3)CC2)c1. The molecule has 0 radical (unpaired) electrons. The first-order valence-corrected chi connectivity index (χ1v) is 9.88. The molecule has 2 fully saturated rings. The van der Waals surface area contributed by atoms with E-state index in [4.69, 9.17) is 9.72 Å². The van der Waals surface area contributed by atoms with Crippen molar-refractivity contribution in [3.63, 3.8) is 0 Å². The van der Waals surface area contributed by atoms with Crippen molar-refractivity contribution in [1.29, 1.82) is 0 Å². The molecule has 2 saturated heterocycles. The molecule has 4 rings (SSSR count). The van der Waals surface area contributed by atoms with Crippen LogP contribution in [-0.4, -0.2) is 67.4 Å². The molecule has 0 bridgehead atoms. The Kier molecular flexibility index (Phi) is 5.55. The van der Waals surface area contributed by atoms with Crippen LogP contribution in [0.1, 0.15) is 16.7 Å². The highest BCUT2D eigenvalue weighted by Gasteiger charge is 2.21. The maximum absolute atomic E-state index is 5.44. The molecule has 6 nitrogen and oxygen atoms in total. The third kappa shape index (κ3) is 4.39. The van der Waals surface area contributed by atoms with Crippen LogP contribution < -0.4 is 9.80 Å². The minimum Gasteiger partial charge on any atom is -0.378 e. The molecular formula is C21H29N5O. The second kappa shape index (κ2) is 8.23. The summed E-state index contributed by atoms with van der Waals surface area (Å²) in [6.07, 6.45) is 1.88. The number of ether oxygens (including phenoxy) is 1. The van der Waals surface area contributed by atoms with Crippen molar-refractivity contribution in [1.82, 2.24) is 14.9 Å². The molecule has 0 atom stereocenters. The molecule has 0 aliphatic carbocycles. The summed E-state index contributed by atoms with van der Waals surface area (Å²) in [5.41, 5.74) is 4.15. The monoisotopic (exact) mass is 367 g/mol. The molecular weight excluding hydrogens is 338 g/mol. The second-order valence-electron chi connectivity index (χ2n) is 7.51. The Morgan fingerprint density at radius 3 is 2.48 bits per heavy atom. The molecule has 0 spiro atoms. The molecule has 27 heavy (non-hydrogen) atoms. The highest BCUT2D eigenvalue weighted by molar-refractivity contribution is 5.44. The number of hydrogen-bond donors (Lipinski definition) is 0. The average Bonchev–Trinajstić information content (AvgIpc) is 2.72. The van der Waals surface area contributed by atoms with Crippen LogP contribution in [0.5, 0.6) is 0 Å². The van der Waals surface area contributed by atoms with Crippen molar-refractivity contribution in [2.75, 3.05) is 62.3 Å². The average molecular weight is 367 g/mol. The first-order valence-electron chi connectivity index (χ1n) is 9.88. The summed E-state index contributed by atoms with van der Waals surface area (Å²) in [7, 11) is 0. The fourth-order valence-electron chi connectivity index (χ4n) is 3.78. The largest absolute Gasteiger partial charge is 0.378 e. The van der Waals surface area contributed by atoms with Gasteiger partial charge in [-0.15, -0.1) is 0 Å². The molecule has 0 amide bonds. The van der Waals surface area contributed by atoms with E-state index in [2.05, 4.69) is 51.7 Å². The van der Waals surface area contributed by atoms with Crippen molar-refractivity contribution in [3.8, 4) is 0 Å². The Hall–Kier alpha value is -2.18. The zero-order chi connectivity index (χ0) is 18.6. The highest BCUT2D eigenvalue weighted by Crippen LogP contribution is 2.19. The number of hydrogen-bond acceptors (Lipinski definition) is 6. The maximum atomic E-state index is 5.44. The van der Waals surface area contributed by atoms with Gasteiger partial charge in [0.05, 0.1) is 13.2 Å². The normalized spacial score (nSPS) is 18.7. The number of piperazine rings is 1. The number of rotatable bonds is 4. The number of aryl methyl sites for hydroxylation is 2. The van der Waals surface area contributed by atoms with Crippen LogP contribution in [0.4, 0.5) is 11.8 Å². The number of morpholine rings is 1. The maximum Gasteiger partial charge on any atom is 0.227 e. The zero-order valence-corrected chi connectivity index (χ0v) is 16.4. The summed E-state index contributed by atoms with van der Waals surface area (Å²) in [4.78, 5) is 16.5. The molecule has 0 saturated carbocycles. The number of nitrogens with zero attached hydrogens (tertiary/aromatic N) is 5. The fourth-order valence-corrected chi connectivity index (χ4v) is 3.78. The summed E-state index contributed by atoms with van der Waals surface area (Å²) < 4.78 is 5.44. The summed E-state index contributed by atoms with van der Waals surface area (Å²) in [5, 5.41) is 0. The molecule has 3 heterocycles. The lowest BCUT2D eigenvalue weighted by atomic mass is 10.0. The van der Waals surface area contributed by atoms with Gasteiger partial charge in [0, 0.05) is 52.0 Å². The van der Waals surface area contributed by atoms with Crippen LogP contribution in [-0.2, 0) is 11.3 Å². The first kappa shape index (κ1) is 18.2. The number of anilines is 2. The van der Waals surface area contributed by atoms with Crippen LogP contribution in [0.25, 0.3) is 0 Å². The van der Waals surface area contributed by atoms with E-state index in [-0.39, 0.29) is 0 Å². The lowest BCUT2D eigenvalue weighted by Crippen LogP contribution is -2.46. The predicted molar refractivity (Wildman–Crippen MR) is 108 cm³/mol. The van der Waals surface area contributed by atoms with Crippen LogP contribution in [0.3, 0.4) is 0 Å². The van der Waals surface area contributed by atoms with E-state index in [1.165, 1.54) is 16.7 Å². The molecule has 0 unspecified atom stereocenters. The van der Waals surface area contributed by atoms with Crippen molar-refractivity contribution >= 4 is 11.8 Å². The van der Waals surface area contributed by atoms with E-state index < -0.39 is 0 Å². The minimum atomic E-state index is 0.774. The van der Waals surface area contributed by atoms with Gasteiger partial charge >= 0.3 is 0 Å². The highest BCUT2D eigenvalue weighted by atomic mass is 16.5. The lowest BCUT2D eigenvalue weighted by molar-refractivity contribution is 0.122. The van der Waals surface area contributed by atoms with Crippen molar-refractivity contribution in [3.05, 3.63) is 47.2 Å². The van der Waals surface area contributed by atoms with E-state index in [0.717, 1.165) is 70.8 Å². The Balaban J connectivity index is 1.37. The minimum absolute atomic E-state index is 0.774. The van der Waals surface area contributed by atoms with Gasteiger partial charge < -0.3 is 14.5 Å². The Labute approximate surface area is 161 Å². The van der Waals surface area contributed by atoms with Gasteiger partial charge in [0.25, 0.3) is 0 Å². The van der Waals surface area contributed by atoms with Crippen LogP contribution in [0.15, 0.2) is 30.5 Å². The molecule has 0 N–H and O–H groups in total. The Morgan fingerprint density at radius 1 is 0.926 bits per heavy atom. The lowest BCUT2D eigenvalue weighted by Gasteiger charge is -2.35. The van der Waals surface area contributed by atoms with E-state index in [1.54, 1.807) is 0 Å². The summed E-state index contributed by atoms with van der Waals surface area (Å²) in [6, 6.07) is 8.74. The van der Waals surface area contributed by atoms with Gasteiger partial charge in [0.1, 0.15) is 5.82 Å². The summed E-state index contributed by atoms with van der Waals surface area (Å²) in [6.45, 7) is 12.8. The third-order valence-corrected chi connectivity index (χ3v) is 5.52. The topological polar surface area (TPSA) is 44.7 Å². The zero-order valence-electron chi connectivity index (χ0n) is 16.4. The summed E-state index contributed by atoms with van der Waals surface area (Å²) >= 11 is 0.